The van der Waals surface area contributed by atoms with E-state index in [-0.39, 0.29) is 32.3 Å². The van der Waals surface area contributed by atoms with Gasteiger partial charge in [-0.1, -0.05) is 25.0 Å². The third kappa shape index (κ3) is 6.39. The molecule has 0 heterocycles. The van der Waals surface area contributed by atoms with E-state index < -0.39 is 49.4 Å². The van der Waals surface area contributed by atoms with E-state index in [2.05, 4.69) is 0 Å². The molecule has 9 heteroatoms. The lowest BCUT2D eigenvalue weighted by molar-refractivity contribution is -0.368. The summed E-state index contributed by atoms with van der Waals surface area (Å²) in [6.45, 7) is 1.44. The average molecular weight is 398 g/mol. The van der Waals surface area contributed by atoms with Crippen LogP contribution in [0, 0.1) is 0 Å². The monoisotopic (exact) mass is 398 g/mol. The van der Waals surface area contributed by atoms with Crippen LogP contribution in [0.3, 0.4) is 0 Å². The fourth-order valence-electron chi connectivity index (χ4n) is 2.36. The van der Waals surface area contributed by atoms with E-state index in [1.807, 2.05) is 0 Å². The number of hydrogen-bond acceptors (Lipinski definition) is 1. The lowest BCUT2D eigenvalue weighted by atomic mass is 9.92. The molecule has 0 aliphatic carbocycles. The van der Waals surface area contributed by atoms with Crippen LogP contribution in [0.25, 0.3) is 0 Å². The largest absolute Gasteiger partial charge is 0.396 e. The first kappa shape index (κ1) is 25.1. The Hall–Kier alpha value is -0.860. The number of alkyl halides is 8. The summed E-state index contributed by atoms with van der Waals surface area (Å²) >= 11 is 0. The van der Waals surface area contributed by atoms with E-state index in [0.717, 1.165) is 0 Å². The number of hydrogen-bond donors (Lipinski definition) is 1. The van der Waals surface area contributed by atoms with E-state index >= 15 is 0 Å². The Morgan fingerprint density at radius 1 is 0.654 bits per heavy atom. The van der Waals surface area contributed by atoms with Gasteiger partial charge in [0.15, 0.2) is 0 Å². The predicted octanol–water partition coefficient (Wildman–Crippen LogP) is 6.61. The molecular weight excluding hydrogens is 372 g/mol. The number of aliphatic hydroxyl groups is 1. The smallest absolute Gasteiger partial charge is 0.378 e. The highest BCUT2D eigenvalue weighted by molar-refractivity contribution is 5.03. The summed E-state index contributed by atoms with van der Waals surface area (Å²) < 4.78 is 109. The van der Waals surface area contributed by atoms with Gasteiger partial charge < -0.3 is 5.11 Å². The topological polar surface area (TPSA) is 20.2 Å². The Kier molecular flexibility index (Phi) is 10.1. The lowest BCUT2D eigenvalue weighted by Gasteiger charge is -2.37. The third-order valence-electron chi connectivity index (χ3n) is 4.06. The van der Waals surface area contributed by atoms with Gasteiger partial charge in [0.25, 0.3) is 0 Å². The third-order valence-corrected chi connectivity index (χ3v) is 4.06. The molecule has 1 nitrogen and oxygen atoms in total. The van der Waals surface area contributed by atoms with Gasteiger partial charge >= 0.3 is 23.7 Å². The zero-order chi connectivity index (χ0) is 20.5. The molecule has 0 spiro atoms. The van der Waals surface area contributed by atoms with Crippen molar-refractivity contribution in [2.45, 2.75) is 88.4 Å². The van der Waals surface area contributed by atoms with Crippen molar-refractivity contribution in [1.29, 1.82) is 0 Å². The zero-order valence-corrected chi connectivity index (χ0v) is 14.7. The Labute approximate surface area is 148 Å². The fourth-order valence-corrected chi connectivity index (χ4v) is 2.36. The van der Waals surface area contributed by atoms with Crippen LogP contribution in [0.2, 0.25) is 0 Å². The maximum atomic E-state index is 13.7. The molecule has 0 unspecified atom stereocenters. The Morgan fingerprint density at radius 2 is 1.08 bits per heavy atom. The zero-order valence-electron chi connectivity index (χ0n) is 14.7. The number of rotatable bonds is 14. The van der Waals surface area contributed by atoms with Crippen molar-refractivity contribution >= 4 is 0 Å². The average Bonchev–Trinajstić information content (AvgIpc) is 2.53. The van der Waals surface area contributed by atoms with Crippen molar-refractivity contribution in [1.82, 2.24) is 0 Å². The second-order valence-electron chi connectivity index (χ2n) is 6.26. The van der Waals surface area contributed by atoms with Crippen LogP contribution in [0.5, 0.6) is 0 Å². The van der Waals surface area contributed by atoms with Gasteiger partial charge in [-0.15, -0.1) is 0 Å². The van der Waals surface area contributed by atoms with Crippen molar-refractivity contribution in [3.63, 3.8) is 0 Å². The molecular formula is C17H26F8O. The molecule has 26 heavy (non-hydrogen) atoms. The van der Waals surface area contributed by atoms with Crippen molar-refractivity contribution in [2.75, 3.05) is 6.61 Å². The Morgan fingerprint density at radius 3 is 1.50 bits per heavy atom. The molecule has 156 valence electrons. The summed E-state index contributed by atoms with van der Waals surface area (Å²) in [4.78, 5) is 0. The van der Waals surface area contributed by atoms with Gasteiger partial charge in [-0.3, -0.25) is 0 Å². The molecule has 0 saturated heterocycles. The highest BCUT2D eigenvalue weighted by Crippen LogP contribution is 2.55. The number of aliphatic hydroxyl groups excluding tert-OH is 1. The molecule has 0 saturated carbocycles. The van der Waals surface area contributed by atoms with Gasteiger partial charge in [-0.25, -0.2) is 0 Å². The van der Waals surface area contributed by atoms with Gasteiger partial charge in [0.2, 0.25) is 0 Å². The standard InChI is InChI=1S/C17H26F8O/c1-2-3-4-5-8-11-14(18,19)16(22,23)17(24,25)15(20,21)12-9-6-7-10-13-26/h2-3,26H,4-13H2,1H3/b3-2+. The highest BCUT2D eigenvalue weighted by Gasteiger charge is 2.79. The van der Waals surface area contributed by atoms with E-state index in [9.17, 15) is 35.1 Å². The predicted molar refractivity (Wildman–Crippen MR) is 83.2 cm³/mol. The van der Waals surface area contributed by atoms with Crippen LogP contribution >= 0.6 is 0 Å². The normalized spacial score (nSPS) is 14.4. The van der Waals surface area contributed by atoms with Crippen LogP contribution < -0.4 is 0 Å². The number of allylic oxidation sites excluding steroid dienone is 2. The summed E-state index contributed by atoms with van der Waals surface area (Å²) in [5.41, 5.74) is 0. The number of unbranched alkanes of at least 4 members (excludes halogenated alkanes) is 5. The molecule has 1 N–H and O–H groups in total. The summed E-state index contributed by atoms with van der Waals surface area (Å²) in [5.74, 6) is -22.8. The van der Waals surface area contributed by atoms with Crippen LogP contribution in [-0.2, 0) is 0 Å². The van der Waals surface area contributed by atoms with Crippen LogP contribution in [-0.4, -0.2) is 35.4 Å². The summed E-state index contributed by atoms with van der Waals surface area (Å²) in [6, 6.07) is 0. The van der Waals surface area contributed by atoms with Crippen LogP contribution in [0.15, 0.2) is 12.2 Å². The Bertz CT molecular complexity index is 421. The van der Waals surface area contributed by atoms with E-state index in [1.165, 1.54) is 0 Å². The molecule has 0 fully saturated rings. The fraction of sp³-hybridized carbons (Fsp3) is 0.882. The first-order chi connectivity index (χ1) is 11.9. The Balaban J connectivity index is 4.95. The summed E-state index contributed by atoms with van der Waals surface area (Å²) in [6.07, 6.45) is -0.180. The number of halogens is 8. The first-order valence-electron chi connectivity index (χ1n) is 8.60. The van der Waals surface area contributed by atoms with E-state index in [4.69, 9.17) is 5.11 Å². The van der Waals surface area contributed by atoms with E-state index in [0.29, 0.717) is 6.42 Å². The summed E-state index contributed by atoms with van der Waals surface area (Å²) in [5, 5.41) is 8.52. The molecule has 0 amide bonds. The van der Waals surface area contributed by atoms with Gasteiger partial charge in [0, 0.05) is 19.4 Å². The molecule has 0 rings (SSSR count). The lowest BCUT2D eigenvalue weighted by Crippen LogP contribution is -2.62. The van der Waals surface area contributed by atoms with E-state index in [1.54, 1.807) is 19.1 Å². The van der Waals surface area contributed by atoms with Gasteiger partial charge in [-0.2, -0.15) is 35.1 Å². The first-order valence-corrected chi connectivity index (χ1v) is 8.60. The maximum absolute atomic E-state index is 13.7. The SMILES string of the molecule is C/C=C/CCCCC(F)(F)C(F)(F)C(F)(F)C(F)(F)CCCCCCO. The second-order valence-corrected chi connectivity index (χ2v) is 6.26. The second kappa shape index (κ2) is 10.5. The van der Waals surface area contributed by atoms with Crippen molar-refractivity contribution in [3.05, 3.63) is 12.2 Å². The molecule has 0 atom stereocenters. The van der Waals surface area contributed by atoms with Crippen LogP contribution in [0.4, 0.5) is 35.1 Å². The minimum atomic E-state index is -6.16. The van der Waals surface area contributed by atoms with Gasteiger partial charge in [0.1, 0.15) is 0 Å². The van der Waals surface area contributed by atoms with Crippen molar-refractivity contribution in [2.24, 2.45) is 0 Å². The molecule has 0 bridgehead atoms. The highest BCUT2D eigenvalue weighted by atomic mass is 19.4. The van der Waals surface area contributed by atoms with Crippen LogP contribution in [0.1, 0.15) is 64.7 Å². The van der Waals surface area contributed by atoms with Crippen molar-refractivity contribution < 1.29 is 40.2 Å². The van der Waals surface area contributed by atoms with Gasteiger partial charge in [-0.05, 0) is 39.0 Å². The van der Waals surface area contributed by atoms with Gasteiger partial charge in [0.05, 0.1) is 0 Å². The molecule has 0 aliphatic rings. The minimum absolute atomic E-state index is 0.000853. The van der Waals surface area contributed by atoms with Crippen molar-refractivity contribution in [3.8, 4) is 0 Å². The molecule has 0 aromatic heterocycles. The maximum Gasteiger partial charge on any atom is 0.378 e. The minimum Gasteiger partial charge on any atom is -0.396 e. The summed E-state index contributed by atoms with van der Waals surface area (Å²) in [7, 11) is 0. The molecule has 0 aromatic carbocycles. The molecule has 0 aromatic rings. The quantitative estimate of drug-likeness (QED) is 0.198. The molecule has 0 aliphatic heterocycles. The molecule has 0 radical (unpaired) electrons.